The lowest BCUT2D eigenvalue weighted by Gasteiger charge is -2.23. The van der Waals surface area contributed by atoms with Crippen LogP contribution >= 0.6 is 0 Å². The first-order valence-electron chi connectivity index (χ1n) is 5.88. The summed E-state index contributed by atoms with van der Waals surface area (Å²) >= 11 is 0. The molecule has 1 aliphatic rings. The minimum absolute atomic E-state index is 0.490. The van der Waals surface area contributed by atoms with E-state index in [1.54, 1.807) is 0 Å². The molecule has 0 aliphatic heterocycles. The lowest BCUT2D eigenvalue weighted by atomic mass is 9.92. The molecule has 1 heterocycles. The molecule has 1 unspecified atom stereocenters. The van der Waals surface area contributed by atoms with Crippen LogP contribution in [0.3, 0.4) is 0 Å². The summed E-state index contributed by atoms with van der Waals surface area (Å²) in [5.41, 5.74) is 1.73. The third-order valence-electron chi connectivity index (χ3n) is 3.62. The summed E-state index contributed by atoms with van der Waals surface area (Å²) in [4.78, 5) is 0. The van der Waals surface area contributed by atoms with Crippen molar-refractivity contribution in [2.24, 2.45) is 12.5 Å². The molecule has 1 aromatic rings. The highest BCUT2D eigenvalue weighted by atomic mass is 15.2. The maximum atomic E-state index is 4.47. The van der Waals surface area contributed by atoms with Gasteiger partial charge in [-0.05, 0) is 44.2 Å². The second-order valence-electron chi connectivity index (χ2n) is 4.80. The number of aromatic nitrogens is 2. The van der Waals surface area contributed by atoms with Gasteiger partial charge in [0, 0.05) is 19.3 Å². The molecule has 0 radical (unpaired) electrons. The molecular weight excluding hydrogens is 186 g/mol. The van der Waals surface area contributed by atoms with Gasteiger partial charge in [-0.2, -0.15) is 5.10 Å². The van der Waals surface area contributed by atoms with E-state index in [1.807, 2.05) is 17.9 Å². The van der Waals surface area contributed by atoms with Gasteiger partial charge in [-0.3, -0.25) is 4.68 Å². The molecule has 3 heteroatoms. The maximum absolute atomic E-state index is 4.47. The zero-order valence-electron chi connectivity index (χ0n) is 9.95. The summed E-state index contributed by atoms with van der Waals surface area (Å²) in [6.45, 7) is 5.54. The van der Waals surface area contributed by atoms with E-state index < -0.39 is 0 Å². The fourth-order valence-corrected chi connectivity index (χ4v) is 2.36. The second kappa shape index (κ2) is 3.97. The summed E-state index contributed by atoms with van der Waals surface area (Å²) in [7, 11) is 1.98. The predicted molar refractivity (Wildman–Crippen MR) is 61.7 cm³/mol. The first-order valence-corrected chi connectivity index (χ1v) is 5.88. The van der Waals surface area contributed by atoms with Gasteiger partial charge in [0.2, 0.25) is 0 Å². The number of hydrogen-bond acceptors (Lipinski definition) is 2. The van der Waals surface area contributed by atoms with Crippen LogP contribution in [0.2, 0.25) is 0 Å². The second-order valence-corrected chi connectivity index (χ2v) is 4.80. The Bertz CT molecular complexity index is 325. The summed E-state index contributed by atoms with van der Waals surface area (Å²) in [6.07, 6.45) is 5.85. The molecule has 15 heavy (non-hydrogen) atoms. The Morgan fingerprint density at radius 3 is 2.80 bits per heavy atom. The highest BCUT2D eigenvalue weighted by molar-refractivity contribution is 5.11. The molecule has 1 saturated carbocycles. The van der Waals surface area contributed by atoms with Crippen molar-refractivity contribution in [2.45, 2.75) is 39.2 Å². The monoisotopic (exact) mass is 207 g/mol. The van der Waals surface area contributed by atoms with Crippen molar-refractivity contribution in [1.82, 2.24) is 15.1 Å². The molecule has 0 saturated heterocycles. The summed E-state index contributed by atoms with van der Waals surface area (Å²) in [5.74, 6) is 0. The fourth-order valence-electron chi connectivity index (χ4n) is 2.36. The van der Waals surface area contributed by atoms with Gasteiger partial charge in [0.15, 0.2) is 0 Å². The van der Waals surface area contributed by atoms with E-state index in [0.29, 0.717) is 11.5 Å². The standard InChI is InChI=1S/C12H21N3/c1-4-13-10(2)12(6-7-12)9-11-5-8-15(3)14-11/h5,8,10,13H,4,6-7,9H2,1-3H3. The van der Waals surface area contributed by atoms with Crippen LogP contribution in [0.5, 0.6) is 0 Å². The molecule has 2 rings (SSSR count). The number of nitrogens with zero attached hydrogens (tertiary/aromatic N) is 2. The molecule has 0 bridgehead atoms. The normalized spacial score (nSPS) is 20.2. The molecular formula is C12H21N3. The lowest BCUT2D eigenvalue weighted by Crippen LogP contribution is -2.36. The first kappa shape index (κ1) is 10.7. The van der Waals surface area contributed by atoms with E-state index in [-0.39, 0.29) is 0 Å². The summed E-state index contributed by atoms with van der Waals surface area (Å²) in [5, 5.41) is 8.01. The van der Waals surface area contributed by atoms with Crippen LogP contribution in [0.15, 0.2) is 12.3 Å². The first-order chi connectivity index (χ1) is 7.16. The lowest BCUT2D eigenvalue weighted by molar-refractivity contribution is 0.352. The number of hydrogen-bond donors (Lipinski definition) is 1. The van der Waals surface area contributed by atoms with Gasteiger partial charge in [0.05, 0.1) is 5.69 Å². The summed E-state index contributed by atoms with van der Waals surface area (Å²) in [6, 6.07) is 2.75. The maximum Gasteiger partial charge on any atom is 0.0630 e. The Hall–Kier alpha value is -0.830. The number of rotatable bonds is 5. The van der Waals surface area contributed by atoms with Crippen molar-refractivity contribution in [1.29, 1.82) is 0 Å². The Kier molecular flexibility index (Phi) is 2.83. The molecule has 1 fully saturated rings. The smallest absolute Gasteiger partial charge is 0.0630 e. The van der Waals surface area contributed by atoms with Gasteiger partial charge in [-0.1, -0.05) is 6.92 Å². The highest BCUT2D eigenvalue weighted by Crippen LogP contribution is 2.50. The zero-order chi connectivity index (χ0) is 10.9. The molecule has 0 aromatic carbocycles. The van der Waals surface area contributed by atoms with Gasteiger partial charge in [-0.25, -0.2) is 0 Å². The molecule has 0 amide bonds. The van der Waals surface area contributed by atoms with Crippen molar-refractivity contribution < 1.29 is 0 Å². The van der Waals surface area contributed by atoms with E-state index in [1.165, 1.54) is 18.5 Å². The van der Waals surface area contributed by atoms with E-state index in [9.17, 15) is 0 Å². The van der Waals surface area contributed by atoms with Crippen LogP contribution in [0.1, 0.15) is 32.4 Å². The minimum Gasteiger partial charge on any atom is -0.314 e. The van der Waals surface area contributed by atoms with Crippen LogP contribution in [-0.2, 0) is 13.5 Å². The van der Waals surface area contributed by atoms with Crippen LogP contribution in [0.4, 0.5) is 0 Å². The van der Waals surface area contributed by atoms with Crippen LogP contribution in [-0.4, -0.2) is 22.4 Å². The average Bonchev–Trinajstić information content (AvgIpc) is 2.86. The molecule has 3 nitrogen and oxygen atoms in total. The van der Waals surface area contributed by atoms with Crippen molar-refractivity contribution >= 4 is 0 Å². The average molecular weight is 207 g/mol. The minimum atomic E-state index is 0.490. The van der Waals surface area contributed by atoms with Gasteiger partial charge >= 0.3 is 0 Å². The predicted octanol–water partition coefficient (Wildman–Crippen LogP) is 1.74. The van der Waals surface area contributed by atoms with Gasteiger partial charge < -0.3 is 5.32 Å². The van der Waals surface area contributed by atoms with Crippen molar-refractivity contribution in [3.63, 3.8) is 0 Å². The van der Waals surface area contributed by atoms with Crippen molar-refractivity contribution in [3.8, 4) is 0 Å². The Balaban J connectivity index is 1.99. The van der Waals surface area contributed by atoms with Crippen molar-refractivity contribution in [3.05, 3.63) is 18.0 Å². The zero-order valence-corrected chi connectivity index (χ0v) is 9.95. The van der Waals surface area contributed by atoms with E-state index in [4.69, 9.17) is 0 Å². The highest BCUT2D eigenvalue weighted by Gasteiger charge is 2.47. The molecule has 1 aromatic heterocycles. The molecule has 1 N–H and O–H groups in total. The molecule has 1 atom stereocenters. The van der Waals surface area contributed by atoms with E-state index >= 15 is 0 Å². The molecule has 84 valence electrons. The number of aryl methyl sites for hydroxylation is 1. The Morgan fingerprint density at radius 1 is 1.60 bits per heavy atom. The van der Waals surface area contributed by atoms with Crippen LogP contribution < -0.4 is 5.32 Å². The van der Waals surface area contributed by atoms with E-state index in [0.717, 1.165) is 13.0 Å². The quantitative estimate of drug-likeness (QED) is 0.797. The largest absolute Gasteiger partial charge is 0.314 e. The van der Waals surface area contributed by atoms with Crippen LogP contribution in [0.25, 0.3) is 0 Å². The summed E-state index contributed by atoms with van der Waals surface area (Å²) < 4.78 is 1.89. The SMILES string of the molecule is CCNC(C)C1(Cc2ccn(C)n2)CC1. The van der Waals surface area contributed by atoms with Crippen LogP contribution in [0, 0.1) is 5.41 Å². The van der Waals surface area contributed by atoms with Gasteiger partial charge in [0.25, 0.3) is 0 Å². The van der Waals surface area contributed by atoms with E-state index in [2.05, 4.69) is 30.3 Å². The molecule has 0 spiro atoms. The van der Waals surface area contributed by atoms with Gasteiger partial charge in [-0.15, -0.1) is 0 Å². The van der Waals surface area contributed by atoms with Crippen molar-refractivity contribution in [2.75, 3.05) is 6.54 Å². The Morgan fingerprint density at radius 2 is 2.33 bits per heavy atom. The fraction of sp³-hybridized carbons (Fsp3) is 0.750. The van der Waals surface area contributed by atoms with Gasteiger partial charge in [0.1, 0.15) is 0 Å². The Labute approximate surface area is 91.9 Å². The third kappa shape index (κ3) is 2.23. The topological polar surface area (TPSA) is 29.9 Å². The molecule has 1 aliphatic carbocycles. The number of nitrogens with one attached hydrogen (secondary N) is 1. The third-order valence-corrected chi connectivity index (χ3v) is 3.62.